The summed E-state index contributed by atoms with van der Waals surface area (Å²) < 4.78 is 1.80. The fourth-order valence-electron chi connectivity index (χ4n) is 1.12. The number of hydrogen-bond acceptors (Lipinski definition) is 1. The molecule has 1 heterocycles. The van der Waals surface area contributed by atoms with Gasteiger partial charge in [0.25, 0.3) is 0 Å². The number of rotatable bonds is 2. The van der Waals surface area contributed by atoms with Crippen molar-refractivity contribution in [1.29, 1.82) is 0 Å². The molecule has 2 nitrogen and oxygen atoms in total. The van der Waals surface area contributed by atoms with Gasteiger partial charge in [-0.3, -0.25) is 4.79 Å². The number of hydrogen-bond donors (Lipinski definition) is 0. The molecule has 0 fully saturated rings. The van der Waals surface area contributed by atoms with Gasteiger partial charge in [0.2, 0.25) is 5.78 Å². The van der Waals surface area contributed by atoms with E-state index < -0.39 is 0 Å². The second-order valence-corrected chi connectivity index (χ2v) is 2.53. The van der Waals surface area contributed by atoms with Crippen LogP contribution < -0.4 is 0 Å². The maximum Gasteiger partial charge on any atom is 0.201 e. The van der Waals surface area contributed by atoms with Crippen molar-refractivity contribution in [2.45, 2.75) is 6.92 Å². The van der Waals surface area contributed by atoms with Crippen LogP contribution in [0, 0.1) is 6.92 Å². The van der Waals surface area contributed by atoms with Gasteiger partial charge in [0.15, 0.2) is 0 Å². The third kappa shape index (κ3) is 1.24. The van der Waals surface area contributed by atoms with E-state index in [0.29, 0.717) is 0 Å². The Morgan fingerprint density at radius 1 is 1.73 bits per heavy atom. The average Bonchev–Trinajstić information content (AvgIpc) is 2.30. The molecule has 11 heavy (non-hydrogen) atoms. The lowest BCUT2D eigenvalue weighted by molar-refractivity contribution is 0.103. The lowest BCUT2D eigenvalue weighted by Gasteiger charge is -1.98. The number of allylic oxidation sites excluding steroid dienone is 1. The molecule has 0 unspecified atom stereocenters. The first-order valence-corrected chi connectivity index (χ1v) is 3.45. The standard InChI is InChI=1S/C9H11NO/c1-4-8(11)9-7(2)5-6-10(9)3/h4-6H,1H2,2-3H3. The molecule has 0 aromatic carbocycles. The highest BCUT2D eigenvalue weighted by Gasteiger charge is 2.07. The zero-order valence-electron chi connectivity index (χ0n) is 6.79. The van der Waals surface area contributed by atoms with Crippen molar-refractivity contribution in [3.05, 3.63) is 36.2 Å². The van der Waals surface area contributed by atoms with Crippen LogP contribution in [0.15, 0.2) is 24.9 Å². The maximum atomic E-state index is 11.2. The van der Waals surface area contributed by atoms with Crippen LogP contribution in [-0.2, 0) is 7.05 Å². The highest BCUT2D eigenvalue weighted by molar-refractivity contribution is 6.04. The Morgan fingerprint density at radius 3 is 2.73 bits per heavy atom. The largest absolute Gasteiger partial charge is 0.348 e. The van der Waals surface area contributed by atoms with Crippen molar-refractivity contribution < 1.29 is 4.79 Å². The Bertz CT molecular complexity index is 277. The van der Waals surface area contributed by atoms with E-state index in [0.717, 1.165) is 11.3 Å². The van der Waals surface area contributed by atoms with Gasteiger partial charge in [-0.1, -0.05) is 6.58 Å². The predicted octanol–water partition coefficient (Wildman–Crippen LogP) is 1.70. The van der Waals surface area contributed by atoms with Crippen LogP contribution in [-0.4, -0.2) is 10.4 Å². The summed E-state index contributed by atoms with van der Waals surface area (Å²) in [6.07, 6.45) is 3.20. The molecule has 0 amide bonds. The molecular weight excluding hydrogens is 138 g/mol. The molecule has 0 saturated carbocycles. The number of nitrogens with zero attached hydrogens (tertiary/aromatic N) is 1. The topological polar surface area (TPSA) is 22.0 Å². The number of carbonyl (C=O) groups excluding carboxylic acids is 1. The summed E-state index contributed by atoms with van der Waals surface area (Å²) in [5.74, 6) is -0.0185. The maximum absolute atomic E-state index is 11.2. The predicted molar refractivity (Wildman–Crippen MR) is 44.7 cm³/mol. The van der Waals surface area contributed by atoms with Gasteiger partial charge in [0.05, 0.1) is 5.69 Å². The van der Waals surface area contributed by atoms with Crippen LogP contribution in [0.25, 0.3) is 0 Å². The first-order chi connectivity index (χ1) is 5.16. The van der Waals surface area contributed by atoms with E-state index in [-0.39, 0.29) is 5.78 Å². The third-order valence-corrected chi connectivity index (χ3v) is 1.69. The minimum atomic E-state index is -0.0185. The molecule has 1 aromatic rings. The molecule has 0 saturated heterocycles. The lowest BCUT2D eigenvalue weighted by atomic mass is 10.2. The minimum absolute atomic E-state index is 0.0185. The van der Waals surface area contributed by atoms with Gasteiger partial charge < -0.3 is 4.57 Å². The molecule has 0 spiro atoms. The van der Waals surface area contributed by atoms with E-state index in [2.05, 4.69) is 6.58 Å². The zero-order chi connectivity index (χ0) is 8.43. The van der Waals surface area contributed by atoms with Crippen LogP contribution in [0.5, 0.6) is 0 Å². The molecule has 58 valence electrons. The van der Waals surface area contributed by atoms with Crippen molar-refractivity contribution in [1.82, 2.24) is 4.57 Å². The summed E-state index contributed by atoms with van der Waals surface area (Å²) in [4.78, 5) is 11.2. The minimum Gasteiger partial charge on any atom is -0.348 e. The summed E-state index contributed by atoms with van der Waals surface area (Å²) in [5.41, 5.74) is 1.72. The van der Waals surface area contributed by atoms with Crippen LogP contribution >= 0.6 is 0 Å². The van der Waals surface area contributed by atoms with E-state index in [1.54, 1.807) is 4.57 Å². The molecule has 0 aliphatic rings. The second-order valence-electron chi connectivity index (χ2n) is 2.53. The van der Waals surface area contributed by atoms with Crippen LogP contribution in [0.3, 0.4) is 0 Å². The third-order valence-electron chi connectivity index (χ3n) is 1.69. The quantitative estimate of drug-likeness (QED) is 0.463. The summed E-state index contributed by atoms with van der Waals surface area (Å²) in [7, 11) is 1.85. The first kappa shape index (κ1) is 7.79. The average molecular weight is 149 g/mol. The molecule has 2 heteroatoms. The van der Waals surface area contributed by atoms with Crippen LogP contribution in [0.1, 0.15) is 16.1 Å². The van der Waals surface area contributed by atoms with Gasteiger partial charge >= 0.3 is 0 Å². The van der Waals surface area contributed by atoms with Crippen molar-refractivity contribution >= 4 is 5.78 Å². The van der Waals surface area contributed by atoms with Gasteiger partial charge in [0.1, 0.15) is 0 Å². The van der Waals surface area contributed by atoms with Crippen molar-refractivity contribution in [3.8, 4) is 0 Å². The molecule has 0 N–H and O–H groups in total. The van der Waals surface area contributed by atoms with Crippen molar-refractivity contribution in [2.75, 3.05) is 0 Å². The zero-order valence-corrected chi connectivity index (χ0v) is 6.79. The molecule has 0 atom stereocenters. The van der Waals surface area contributed by atoms with E-state index in [9.17, 15) is 4.79 Å². The molecular formula is C9H11NO. The van der Waals surface area contributed by atoms with Crippen molar-refractivity contribution in [2.24, 2.45) is 7.05 Å². The Hall–Kier alpha value is -1.31. The fraction of sp³-hybridized carbons (Fsp3) is 0.222. The van der Waals surface area contributed by atoms with Crippen LogP contribution in [0.4, 0.5) is 0 Å². The lowest BCUT2D eigenvalue weighted by Crippen LogP contribution is -2.03. The molecule has 0 aliphatic carbocycles. The fourth-order valence-corrected chi connectivity index (χ4v) is 1.12. The number of aromatic nitrogens is 1. The second kappa shape index (κ2) is 2.74. The van der Waals surface area contributed by atoms with Gasteiger partial charge in [-0.05, 0) is 24.6 Å². The first-order valence-electron chi connectivity index (χ1n) is 3.45. The monoisotopic (exact) mass is 149 g/mol. The molecule has 0 bridgehead atoms. The summed E-state index contributed by atoms with van der Waals surface area (Å²) in [5, 5.41) is 0. The normalized spacial score (nSPS) is 9.64. The van der Waals surface area contributed by atoms with Gasteiger partial charge in [-0.2, -0.15) is 0 Å². The summed E-state index contributed by atoms with van der Waals surface area (Å²) in [6, 6.07) is 1.91. The highest BCUT2D eigenvalue weighted by Crippen LogP contribution is 2.08. The Labute approximate surface area is 66.1 Å². The Balaban J connectivity index is 3.20. The molecule has 1 rings (SSSR count). The molecule has 0 aliphatic heterocycles. The SMILES string of the molecule is C=CC(=O)c1c(C)ccn1C. The van der Waals surface area contributed by atoms with Crippen molar-refractivity contribution in [3.63, 3.8) is 0 Å². The Morgan fingerprint density at radius 2 is 2.36 bits per heavy atom. The van der Waals surface area contributed by atoms with E-state index in [1.807, 2.05) is 26.2 Å². The number of carbonyl (C=O) groups is 1. The number of aryl methyl sites for hydroxylation is 2. The Kier molecular flexibility index (Phi) is 1.94. The summed E-state index contributed by atoms with van der Waals surface area (Å²) in [6.45, 7) is 5.35. The number of ketones is 1. The van der Waals surface area contributed by atoms with Crippen LogP contribution in [0.2, 0.25) is 0 Å². The van der Waals surface area contributed by atoms with E-state index >= 15 is 0 Å². The van der Waals surface area contributed by atoms with Gasteiger partial charge in [0, 0.05) is 13.2 Å². The summed E-state index contributed by atoms with van der Waals surface area (Å²) >= 11 is 0. The van der Waals surface area contributed by atoms with Gasteiger partial charge in [-0.15, -0.1) is 0 Å². The molecule has 0 radical (unpaired) electrons. The van der Waals surface area contributed by atoms with E-state index in [4.69, 9.17) is 0 Å². The van der Waals surface area contributed by atoms with Gasteiger partial charge in [-0.25, -0.2) is 0 Å². The molecule has 1 aromatic heterocycles. The smallest absolute Gasteiger partial charge is 0.201 e. The highest BCUT2D eigenvalue weighted by atomic mass is 16.1. The van der Waals surface area contributed by atoms with E-state index in [1.165, 1.54) is 6.08 Å².